The minimum atomic E-state index is -0.466. The summed E-state index contributed by atoms with van der Waals surface area (Å²) < 4.78 is 4.86. The van der Waals surface area contributed by atoms with Gasteiger partial charge in [0.15, 0.2) is 0 Å². The van der Waals surface area contributed by atoms with Crippen LogP contribution in [0.4, 0.5) is 5.69 Å². The number of terminal acetylenes is 1. The van der Waals surface area contributed by atoms with Crippen LogP contribution >= 0.6 is 22.6 Å². The average Bonchev–Trinajstić information content (AvgIpc) is 2.18. The topological polar surface area (TPSA) is 52.4 Å². The van der Waals surface area contributed by atoms with Gasteiger partial charge in [0.25, 0.3) is 5.69 Å². The Morgan fingerprint density at radius 2 is 2.07 bits per heavy atom. The molecule has 0 aliphatic heterocycles. The quantitative estimate of drug-likeness (QED) is 0.283. The van der Waals surface area contributed by atoms with E-state index in [0.717, 1.165) is 0 Å². The minimum absolute atomic E-state index is 0.0306. The largest absolute Gasteiger partial charge is 0.468 e. The molecule has 0 radical (unpaired) electrons. The first-order valence-electron chi connectivity index (χ1n) is 3.65. The molecule has 0 bridgehead atoms. The third kappa shape index (κ3) is 2.88. The Morgan fingerprint density at radius 3 is 2.50 bits per heavy atom. The van der Waals surface area contributed by atoms with Gasteiger partial charge in [0.1, 0.15) is 5.75 Å². The van der Waals surface area contributed by atoms with Crippen molar-refractivity contribution in [1.29, 1.82) is 0 Å². The minimum Gasteiger partial charge on any atom is -0.468 e. The van der Waals surface area contributed by atoms with Gasteiger partial charge in [0.2, 0.25) is 4.11 Å². The van der Waals surface area contributed by atoms with Gasteiger partial charge < -0.3 is 4.74 Å². The molecule has 14 heavy (non-hydrogen) atoms. The molecule has 0 N–H and O–H groups in total. The Kier molecular flexibility index (Phi) is 3.71. The van der Waals surface area contributed by atoms with E-state index in [0.29, 0.717) is 5.75 Å². The molecule has 0 aliphatic rings. The van der Waals surface area contributed by atoms with Gasteiger partial charge >= 0.3 is 0 Å². The van der Waals surface area contributed by atoms with Crippen molar-refractivity contribution in [3.63, 3.8) is 0 Å². The number of benzene rings is 1. The lowest BCUT2D eigenvalue weighted by molar-refractivity contribution is -0.384. The van der Waals surface area contributed by atoms with Crippen LogP contribution in [0.25, 0.3) is 0 Å². The molecular formula is C9H6INO3. The second-order valence-corrected chi connectivity index (χ2v) is 3.48. The fraction of sp³-hybridized carbons (Fsp3) is 0.111. The Bertz CT molecular complexity index is 369. The van der Waals surface area contributed by atoms with Gasteiger partial charge in [-0.15, -0.1) is 6.42 Å². The van der Waals surface area contributed by atoms with Gasteiger partial charge in [0, 0.05) is 12.1 Å². The molecule has 1 aromatic carbocycles. The first-order chi connectivity index (χ1) is 6.63. The van der Waals surface area contributed by atoms with Gasteiger partial charge in [-0.25, -0.2) is 0 Å². The second-order valence-electron chi connectivity index (χ2n) is 2.35. The van der Waals surface area contributed by atoms with E-state index in [1.54, 1.807) is 0 Å². The van der Waals surface area contributed by atoms with E-state index in [4.69, 9.17) is 11.2 Å². The maximum atomic E-state index is 10.3. The summed E-state index contributed by atoms with van der Waals surface area (Å²) in [5.74, 6) is 2.90. The van der Waals surface area contributed by atoms with Crippen LogP contribution in [0, 0.1) is 22.5 Å². The number of nitro benzene ring substituents is 1. The molecule has 72 valence electrons. The lowest BCUT2D eigenvalue weighted by Gasteiger charge is -2.06. The zero-order valence-corrected chi connectivity index (χ0v) is 9.17. The summed E-state index contributed by atoms with van der Waals surface area (Å²) in [7, 11) is 0. The third-order valence-electron chi connectivity index (χ3n) is 1.42. The number of hydrogen-bond donors (Lipinski definition) is 0. The molecule has 0 aliphatic carbocycles. The highest BCUT2D eigenvalue weighted by Crippen LogP contribution is 2.19. The summed E-state index contributed by atoms with van der Waals surface area (Å²) in [5, 5.41) is 10.3. The highest BCUT2D eigenvalue weighted by atomic mass is 127. The molecule has 0 amide bonds. The standard InChI is InChI=1S/C9H6INO3/c1-2-9(10)14-8-5-3-7(4-6-8)11(12)13/h1,3-6,9H. The van der Waals surface area contributed by atoms with Crippen LogP contribution < -0.4 is 4.74 Å². The van der Waals surface area contributed by atoms with Gasteiger partial charge in [-0.3, -0.25) is 10.1 Å². The number of non-ortho nitro benzene ring substituents is 1. The van der Waals surface area contributed by atoms with Crippen molar-refractivity contribution < 1.29 is 9.66 Å². The van der Waals surface area contributed by atoms with Crippen molar-refractivity contribution in [2.75, 3.05) is 0 Å². The normalized spacial score (nSPS) is 11.4. The number of nitro groups is 1. The number of halogens is 1. The van der Waals surface area contributed by atoms with Gasteiger partial charge in [0.05, 0.1) is 4.92 Å². The van der Waals surface area contributed by atoms with E-state index in [1.807, 2.05) is 22.6 Å². The summed E-state index contributed by atoms with van der Waals surface area (Å²) in [6.45, 7) is 0. The summed E-state index contributed by atoms with van der Waals surface area (Å²) in [6.07, 6.45) is 5.11. The van der Waals surface area contributed by atoms with Gasteiger partial charge in [-0.2, -0.15) is 0 Å². The average molecular weight is 303 g/mol. The summed E-state index contributed by atoms with van der Waals surface area (Å²) in [5.41, 5.74) is 0.0306. The Hall–Kier alpha value is -1.29. The molecule has 0 saturated carbocycles. The summed E-state index contributed by atoms with van der Waals surface area (Å²) >= 11 is 1.94. The van der Waals surface area contributed by atoms with Gasteiger partial charge in [-0.05, 0) is 34.7 Å². The molecule has 0 spiro atoms. The van der Waals surface area contributed by atoms with E-state index in [9.17, 15) is 10.1 Å². The number of hydrogen-bond acceptors (Lipinski definition) is 3. The Labute approximate surface area is 94.6 Å². The molecule has 1 unspecified atom stereocenters. The Balaban J connectivity index is 2.75. The van der Waals surface area contributed by atoms with Crippen molar-refractivity contribution in [2.45, 2.75) is 4.11 Å². The van der Waals surface area contributed by atoms with Crippen molar-refractivity contribution in [3.8, 4) is 18.1 Å². The highest BCUT2D eigenvalue weighted by Gasteiger charge is 2.05. The molecule has 1 aromatic rings. The maximum absolute atomic E-state index is 10.3. The number of alkyl halides is 1. The lowest BCUT2D eigenvalue weighted by Crippen LogP contribution is -2.03. The molecular weight excluding hydrogens is 297 g/mol. The molecule has 4 nitrogen and oxygen atoms in total. The molecule has 0 fully saturated rings. The van der Waals surface area contributed by atoms with Crippen LogP contribution in [0.3, 0.4) is 0 Å². The van der Waals surface area contributed by atoms with Crippen LogP contribution in [0.2, 0.25) is 0 Å². The van der Waals surface area contributed by atoms with Crippen molar-refractivity contribution >= 4 is 28.3 Å². The monoisotopic (exact) mass is 303 g/mol. The first kappa shape index (κ1) is 10.8. The molecule has 1 atom stereocenters. The van der Waals surface area contributed by atoms with Crippen molar-refractivity contribution in [1.82, 2.24) is 0 Å². The van der Waals surface area contributed by atoms with E-state index < -0.39 is 4.92 Å². The fourth-order valence-corrected chi connectivity index (χ4v) is 1.09. The third-order valence-corrected chi connectivity index (χ3v) is 2.03. The molecule has 0 saturated heterocycles. The number of ether oxygens (including phenoxy) is 1. The van der Waals surface area contributed by atoms with Crippen LogP contribution in [0.1, 0.15) is 0 Å². The van der Waals surface area contributed by atoms with Crippen LogP contribution in [-0.2, 0) is 0 Å². The second kappa shape index (κ2) is 4.81. The number of rotatable bonds is 3. The molecule has 0 aromatic heterocycles. The molecule has 5 heteroatoms. The van der Waals surface area contributed by atoms with E-state index >= 15 is 0 Å². The SMILES string of the molecule is C#CC(I)Oc1ccc([N+](=O)[O-])cc1. The van der Waals surface area contributed by atoms with Crippen LogP contribution in [-0.4, -0.2) is 9.03 Å². The predicted octanol–water partition coefficient (Wildman–Crippen LogP) is 2.37. The van der Waals surface area contributed by atoms with Crippen molar-refractivity contribution in [3.05, 3.63) is 34.4 Å². The summed E-state index contributed by atoms with van der Waals surface area (Å²) in [4.78, 5) is 9.86. The van der Waals surface area contributed by atoms with E-state index in [1.165, 1.54) is 24.3 Å². The predicted molar refractivity (Wildman–Crippen MR) is 60.4 cm³/mol. The highest BCUT2D eigenvalue weighted by molar-refractivity contribution is 14.1. The fourth-order valence-electron chi connectivity index (χ4n) is 0.800. The zero-order chi connectivity index (χ0) is 10.6. The molecule has 0 heterocycles. The Morgan fingerprint density at radius 1 is 1.50 bits per heavy atom. The summed E-state index contributed by atoms with van der Waals surface area (Å²) in [6, 6.07) is 5.77. The van der Waals surface area contributed by atoms with Crippen molar-refractivity contribution in [2.24, 2.45) is 0 Å². The maximum Gasteiger partial charge on any atom is 0.269 e. The zero-order valence-electron chi connectivity index (χ0n) is 7.01. The van der Waals surface area contributed by atoms with E-state index in [-0.39, 0.29) is 9.80 Å². The van der Waals surface area contributed by atoms with Gasteiger partial charge in [-0.1, -0.05) is 5.92 Å². The smallest absolute Gasteiger partial charge is 0.269 e. The van der Waals surface area contributed by atoms with Crippen LogP contribution in [0.5, 0.6) is 5.75 Å². The van der Waals surface area contributed by atoms with Crippen LogP contribution in [0.15, 0.2) is 24.3 Å². The molecule has 1 rings (SSSR count). The first-order valence-corrected chi connectivity index (χ1v) is 4.89. The van der Waals surface area contributed by atoms with E-state index in [2.05, 4.69) is 5.92 Å². The lowest BCUT2D eigenvalue weighted by atomic mass is 10.3. The number of nitrogens with zero attached hydrogens (tertiary/aromatic N) is 1.